The van der Waals surface area contributed by atoms with Gasteiger partial charge in [0.1, 0.15) is 6.61 Å². The molecule has 0 bridgehead atoms. The topological polar surface area (TPSA) is 103 Å². The van der Waals surface area contributed by atoms with E-state index in [0.29, 0.717) is 35.8 Å². The van der Waals surface area contributed by atoms with Gasteiger partial charge in [-0.15, -0.1) is 0 Å². The standard InChI is InChI=1S/C25H25N3O5/c1-3-32-24-14-19(11-12-23(24)33-17-20-8-6-7-18(2)13-20)16-26-27-25(29)15-21-9-4-5-10-22(21)28(30)31/h4-14,16H,3,15,17H2,1-2H3,(H,27,29)/b26-16+. The fraction of sp³-hybridized carbons (Fsp3) is 0.200. The molecule has 0 aliphatic heterocycles. The molecular formula is C25H25N3O5. The highest BCUT2D eigenvalue weighted by atomic mass is 16.6. The van der Waals surface area contributed by atoms with Crippen molar-refractivity contribution in [2.45, 2.75) is 26.9 Å². The molecule has 0 unspecified atom stereocenters. The van der Waals surface area contributed by atoms with E-state index < -0.39 is 10.8 Å². The zero-order chi connectivity index (χ0) is 23.6. The molecular weight excluding hydrogens is 422 g/mol. The Morgan fingerprint density at radius 1 is 1.06 bits per heavy atom. The summed E-state index contributed by atoms with van der Waals surface area (Å²) in [6, 6.07) is 19.6. The van der Waals surface area contributed by atoms with E-state index in [9.17, 15) is 14.9 Å². The van der Waals surface area contributed by atoms with E-state index in [4.69, 9.17) is 9.47 Å². The Bertz CT molecular complexity index is 1160. The average Bonchev–Trinajstić information content (AvgIpc) is 2.79. The van der Waals surface area contributed by atoms with Gasteiger partial charge < -0.3 is 9.47 Å². The van der Waals surface area contributed by atoms with E-state index in [1.54, 1.807) is 36.4 Å². The third kappa shape index (κ3) is 6.90. The first-order valence-corrected chi connectivity index (χ1v) is 10.5. The van der Waals surface area contributed by atoms with E-state index in [-0.39, 0.29) is 12.1 Å². The number of hydrogen-bond acceptors (Lipinski definition) is 6. The predicted octanol–water partition coefficient (Wildman–Crippen LogP) is 4.57. The van der Waals surface area contributed by atoms with Crippen molar-refractivity contribution in [3.63, 3.8) is 0 Å². The summed E-state index contributed by atoms with van der Waals surface area (Å²) in [7, 11) is 0. The maximum atomic E-state index is 12.2. The highest BCUT2D eigenvalue weighted by Gasteiger charge is 2.15. The van der Waals surface area contributed by atoms with Crippen LogP contribution < -0.4 is 14.9 Å². The zero-order valence-corrected chi connectivity index (χ0v) is 18.5. The van der Waals surface area contributed by atoms with Crippen LogP contribution >= 0.6 is 0 Å². The Morgan fingerprint density at radius 2 is 1.88 bits per heavy atom. The van der Waals surface area contributed by atoms with Crippen molar-refractivity contribution in [1.82, 2.24) is 5.43 Å². The second-order valence-electron chi connectivity index (χ2n) is 7.27. The number of nitrogens with one attached hydrogen (secondary N) is 1. The lowest BCUT2D eigenvalue weighted by Gasteiger charge is -2.13. The van der Waals surface area contributed by atoms with Crippen LogP contribution in [0.4, 0.5) is 5.69 Å². The van der Waals surface area contributed by atoms with Crippen LogP contribution in [0.1, 0.15) is 29.2 Å². The fourth-order valence-electron chi connectivity index (χ4n) is 3.19. The van der Waals surface area contributed by atoms with Crippen LogP contribution in [0.25, 0.3) is 0 Å². The first-order chi connectivity index (χ1) is 16.0. The number of amides is 1. The Hall–Kier alpha value is -4.20. The van der Waals surface area contributed by atoms with Crippen LogP contribution in [0.5, 0.6) is 11.5 Å². The molecule has 3 rings (SSSR count). The van der Waals surface area contributed by atoms with Gasteiger partial charge in [-0.3, -0.25) is 14.9 Å². The van der Waals surface area contributed by atoms with Gasteiger partial charge in [-0.2, -0.15) is 5.10 Å². The number of hydrogen-bond donors (Lipinski definition) is 1. The fourth-order valence-corrected chi connectivity index (χ4v) is 3.19. The van der Waals surface area contributed by atoms with Gasteiger partial charge in [0.05, 0.1) is 24.2 Å². The molecule has 0 heterocycles. The van der Waals surface area contributed by atoms with Crippen molar-refractivity contribution in [3.8, 4) is 11.5 Å². The van der Waals surface area contributed by atoms with Gasteiger partial charge in [-0.05, 0) is 43.2 Å². The van der Waals surface area contributed by atoms with Gasteiger partial charge in [0.25, 0.3) is 5.69 Å². The maximum absolute atomic E-state index is 12.2. The Balaban J connectivity index is 1.62. The maximum Gasteiger partial charge on any atom is 0.273 e. The highest BCUT2D eigenvalue weighted by Crippen LogP contribution is 2.29. The minimum Gasteiger partial charge on any atom is -0.490 e. The molecule has 0 fully saturated rings. The third-order valence-electron chi connectivity index (χ3n) is 4.69. The number of nitro benzene ring substituents is 1. The zero-order valence-electron chi connectivity index (χ0n) is 18.5. The van der Waals surface area contributed by atoms with Crippen molar-refractivity contribution < 1.29 is 19.2 Å². The van der Waals surface area contributed by atoms with Gasteiger partial charge in [0, 0.05) is 11.6 Å². The summed E-state index contributed by atoms with van der Waals surface area (Å²) >= 11 is 0. The van der Waals surface area contributed by atoms with Crippen molar-refractivity contribution in [1.29, 1.82) is 0 Å². The second kappa shape index (κ2) is 11.4. The lowest BCUT2D eigenvalue weighted by atomic mass is 10.1. The van der Waals surface area contributed by atoms with E-state index in [1.807, 2.05) is 32.0 Å². The number of carbonyl (C=O) groups is 1. The van der Waals surface area contributed by atoms with Gasteiger partial charge in [0.15, 0.2) is 11.5 Å². The number of para-hydroxylation sites is 1. The molecule has 0 saturated carbocycles. The van der Waals surface area contributed by atoms with Crippen LogP contribution in [0.3, 0.4) is 0 Å². The molecule has 0 saturated heterocycles. The Morgan fingerprint density at radius 3 is 2.64 bits per heavy atom. The van der Waals surface area contributed by atoms with E-state index in [1.165, 1.54) is 12.3 Å². The molecule has 0 aliphatic rings. The van der Waals surface area contributed by atoms with Crippen molar-refractivity contribution in [2.75, 3.05) is 6.61 Å². The summed E-state index contributed by atoms with van der Waals surface area (Å²) in [4.78, 5) is 22.7. The summed E-state index contributed by atoms with van der Waals surface area (Å²) in [5.74, 6) is 0.722. The van der Waals surface area contributed by atoms with Crippen LogP contribution in [0.2, 0.25) is 0 Å². The number of nitro groups is 1. The smallest absolute Gasteiger partial charge is 0.273 e. The summed E-state index contributed by atoms with van der Waals surface area (Å²) in [6.45, 7) is 4.79. The number of hydrazone groups is 1. The van der Waals surface area contributed by atoms with Gasteiger partial charge in [-0.1, -0.05) is 48.0 Å². The minimum absolute atomic E-state index is 0.0979. The highest BCUT2D eigenvalue weighted by molar-refractivity contribution is 5.84. The normalized spacial score (nSPS) is 10.7. The third-order valence-corrected chi connectivity index (χ3v) is 4.69. The average molecular weight is 447 g/mol. The summed E-state index contributed by atoms with van der Waals surface area (Å²) < 4.78 is 11.6. The van der Waals surface area contributed by atoms with Gasteiger partial charge in [-0.25, -0.2) is 5.43 Å². The molecule has 0 aliphatic carbocycles. The first-order valence-electron chi connectivity index (χ1n) is 10.5. The second-order valence-corrected chi connectivity index (χ2v) is 7.27. The Kier molecular flexibility index (Phi) is 8.13. The molecule has 1 amide bonds. The molecule has 170 valence electrons. The monoisotopic (exact) mass is 447 g/mol. The SMILES string of the molecule is CCOc1cc(/C=N/NC(=O)Cc2ccccc2[N+](=O)[O-])ccc1OCc1cccc(C)c1. The molecule has 0 atom stereocenters. The molecule has 33 heavy (non-hydrogen) atoms. The van der Waals surface area contributed by atoms with Gasteiger partial charge >= 0.3 is 0 Å². The molecule has 0 spiro atoms. The van der Waals surface area contributed by atoms with Crippen LogP contribution in [-0.4, -0.2) is 23.7 Å². The van der Waals surface area contributed by atoms with Crippen molar-refractivity contribution >= 4 is 17.8 Å². The minimum atomic E-state index is -0.510. The molecule has 8 heteroatoms. The Labute approximate surface area is 192 Å². The van der Waals surface area contributed by atoms with Crippen molar-refractivity contribution in [2.24, 2.45) is 5.10 Å². The van der Waals surface area contributed by atoms with Crippen LogP contribution in [0.15, 0.2) is 71.8 Å². The van der Waals surface area contributed by atoms with E-state index in [0.717, 1.165) is 11.1 Å². The van der Waals surface area contributed by atoms with Crippen LogP contribution in [0, 0.1) is 17.0 Å². The molecule has 8 nitrogen and oxygen atoms in total. The predicted molar refractivity (Wildman–Crippen MR) is 126 cm³/mol. The molecule has 3 aromatic rings. The molecule has 0 aromatic heterocycles. The quantitative estimate of drug-likeness (QED) is 0.278. The lowest BCUT2D eigenvalue weighted by Crippen LogP contribution is -2.20. The lowest BCUT2D eigenvalue weighted by molar-refractivity contribution is -0.385. The summed E-state index contributed by atoms with van der Waals surface area (Å²) in [5, 5.41) is 15.0. The number of ether oxygens (including phenoxy) is 2. The van der Waals surface area contributed by atoms with E-state index in [2.05, 4.69) is 16.6 Å². The number of carbonyl (C=O) groups excluding carboxylic acids is 1. The van der Waals surface area contributed by atoms with Gasteiger partial charge in [0.2, 0.25) is 5.91 Å². The molecule has 0 radical (unpaired) electrons. The van der Waals surface area contributed by atoms with Crippen molar-refractivity contribution in [3.05, 3.63) is 99.1 Å². The first kappa shape index (κ1) is 23.5. The summed E-state index contributed by atoms with van der Waals surface area (Å²) in [6.07, 6.45) is 1.33. The largest absolute Gasteiger partial charge is 0.490 e. The number of rotatable bonds is 10. The van der Waals surface area contributed by atoms with Crippen LogP contribution in [-0.2, 0) is 17.8 Å². The number of benzene rings is 3. The molecule has 3 aromatic carbocycles. The number of aryl methyl sites for hydroxylation is 1. The van der Waals surface area contributed by atoms with E-state index >= 15 is 0 Å². The summed E-state index contributed by atoms with van der Waals surface area (Å²) in [5.41, 5.74) is 5.55. The molecule has 1 N–H and O–H groups in total. The number of nitrogens with zero attached hydrogens (tertiary/aromatic N) is 2.